The van der Waals surface area contributed by atoms with E-state index in [0.29, 0.717) is 0 Å². The maximum Gasteiger partial charge on any atom is 0.235 e. The highest BCUT2D eigenvalue weighted by atomic mass is 35.5. The van der Waals surface area contributed by atoms with E-state index in [1.807, 2.05) is 0 Å². The molecule has 1 aliphatic heterocycles. The SMILES string of the molecule is O=c1c(OC2O[C@H](CO)[C@H](O)[C@H](O)[C@H]2O)c(-c2ccc(Cl)c(F)c2)oc2cc(O)ccc12. The van der Waals surface area contributed by atoms with Gasteiger partial charge in [0.05, 0.1) is 17.0 Å². The van der Waals surface area contributed by atoms with Crippen LogP contribution in [0.1, 0.15) is 0 Å². The van der Waals surface area contributed by atoms with Crippen LogP contribution in [0.2, 0.25) is 5.02 Å². The third-order valence-electron chi connectivity index (χ3n) is 5.10. The first-order chi connectivity index (χ1) is 15.2. The number of phenolic OH excluding ortho intramolecular Hbond substituents is 1. The lowest BCUT2D eigenvalue weighted by Crippen LogP contribution is -2.60. The third-order valence-corrected chi connectivity index (χ3v) is 5.41. The molecule has 4 rings (SSSR count). The van der Waals surface area contributed by atoms with Crippen molar-refractivity contribution in [3.63, 3.8) is 0 Å². The predicted octanol–water partition coefficient (Wildman–Crippen LogP) is 1.14. The van der Waals surface area contributed by atoms with Crippen LogP contribution in [0.25, 0.3) is 22.3 Å². The van der Waals surface area contributed by atoms with Crippen molar-refractivity contribution in [2.45, 2.75) is 30.7 Å². The molecule has 170 valence electrons. The Morgan fingerprint density at radius 1 is 1.06 bits per heavy atom. The summed E-state index contributed by atoms with van der Waals surface area (Å²) in [4.78, 5) is 13.2. The zero-order valence-electron chi connectivity index (χ0n) is 16.2. The first-order valence-electron chi connectivity index (χ1n) is 9.43. The van der Waals surface area contributed by atoms with Crippen LogP contribution in [0.4, 0.5) is 4.39 Å². The minimum atomic E-state index is -1.79. The average Bonchev–Trinajstić information content (AvgIpc) is 2.77. The molecule has 11 heteroatoms. The Morgan fingerprint density at radius 2 is 1.81 bits per heavy atom. The Kier molecular flexibility index (Phi) is 6.08. The number of aromatic hydroxyl groups is 1. The van der Waals surface area contributed by atoms with Crippen molar-refractivity contribution in [3.05, 3.63) is 57.5 Å². The largest absolute Gasteiger partial charge is 0.508 e. The summed E-state index contributed by atoms with van der Waals surface area (Å²) in [5.74, 6) is -1.74. The fourth-order valence-electron chi connectivity index (χ4n) is 3.38. The van der Waals surface area contributed by atoms with Gasteiger partial charge in [-0.2, -0.15) is 0 Å². The number of aliphatic hydroxyl groups excluding tert-OH is 4. The zero-order chi connectivity index (χ0) is 23.2. The van der Waals surface area contributed by atoms with Crippen LogP contribution in [0.3, 0.4) is 0 Å². The van der Waals surface area contributed by atoms with Gasteiger partial charge in [-0.05, 0) is 30.3 Å². The number of fused-ring (bicyclic) bond motifs is 1. The summed E-state index contributed by atoms with van der Waals surface area (Å²) < 4.78 is 30.7. The lowest BCUT2D eigenvalue weighted by atomic mass is 9.99. The second kappa shape index (κ2) is 8.66. The van der Waals surface area contributed by atoms with Crippen LogP contribution in [0.15, 0.2) is 45.6 Å². The van der Waals surface area contributed by atoms with Crippen molar-refractivity contribution >= 4 is 22.6 Å². The average molecular weight is 469 g/mol. The summed E-state index contributed by atoms with van der Waals surface area (Å²) in [6.07, 6.45) is -8.13. The van der Waals surface area contributed by atoms with Crippen LogP contribution >= 0.6 is 11.6 Å². The molecule has 5 atom stereocenters. The van der Waals surface area contributed by atoms with Gasteiger partial charge in [0.25, 0.3) is 0 Å². The van der Waals surface area contributed by atoms with Gasteiger partial charge in [-0.1, -0.05) is 11.6 Å². The predicted molar refractivity (Wildman–Crippen MR) is 109 cm³/mol. The van der Waals surface area contributed by atoms with E-state index in [4.69, 9.17) is 25.5 Å². The Balaban J connectivity index is 1.87. The van der Waals surface area contributed by atoms with Gasteiger partial charge in [0.15, 0.2) is 5.76 Å². The molecule has 2 aromatic carbocycles. The van der Waals surface area contributed by atoms with E-state index in [1.54, 1.807) is 0 Å². The van der Waals surface area contributed by atoms with E-state index < -0.39 is 54.3 Å². The Hall–Kier alpha value is -2.73. The van der Waals surface area contributed by atoms with E-state index in [9.17, 15) is 34.7 Å². The van der Waals surface area contributed by atoms with E-state index >= 15 is 0 Å². The van der Waals surface area contributed by atoms with Crippen LogP contribution in [0, 0.1) is 5.82 Å². The Labute approximate surface area is 184 Å². The molecule has 0 amide bonds. The number of rotatable bonds is 4. The minimum absolute atomic E-state index is 0.000533. The third kappa shape index (κ3) is 3.92. The molecule has 9 nitrogen and oxygen atoms in total. The molecule has 2 heterocycles. The van der Waals surface area contributed by atoms with E-state index in [0.717, 1.165) is 6.07 Å². The van der Waals surface area contributed by atoms with Crippen molar-refractivity contribution in [1.82, 2.24) is 0 Å². The minimum Gasteiger partial charge on any atom is -0.508 e. The van der Waals surface area contributed by atoms with Crippen molar-refractivity contribution < 1.29 is 43.8 Å². The molecule has 32 heavy (non-hydrogen) atoms. The van der Waals surface area contributed by atoms with E-state index in [1.165, 1.54) is 30.3 Å². The molecule has 5 N–H and O–H groups in total. The molecule has 3 aromatic rings. The fraction of sp³-hybridized carbons (Fsp3) is 0.286. The van der Waals surface area contributed by atoms with Gasteiger partial charge in [0.2, 0.25) is 17.5 Å². The molecule has 1 aromatic heterocycles. The van der Waals surface area contributed by atoms with Crippen molar-refractivity contribution in [2.75, 3.05) is 6.61 Å². The van der Waals surface area contributed by atoms with E-state index in [2.05, 4.69) is 0 Å². The Bertz CT molecular complexity index is 1210. The normalized spacial score (nSPS) is 25.8. The second-order valence-electron chi connectivity index (χ2n) is 7.21. The highest BCUT2D eigenvalue weighted by Gasteiger charge is 2.45. The molecule has 0 saturated carbocycles. The topological polar surface area (TPSA) is 150 Å². The van der Waals surface area contributed by atoms with Crippen molar-refractivity contribution in [1.29, 1.82) is 0 Å². The summed E-state index contributed by atoms with van der Waals surface area (Å²) in [5.41, 5.74) is -0.719. The zero-order valence-corrected chi connectivity index (χ0v) is 16.9. The molecule has 1 fully saturated rings. The van der Waals surface area contributed by atoms with Gasteiger partial charge in [-0.25, -0.2) is 4.39 Å². The van der Waals surface area contributed by atoms with Gasteiger partial charge < -0.3 is 39.4 Å². The molecular weight excluding hydrogens is 451 g/mol. The molecule has 1 aliphatic rings. The number of halogens is 2. The van der Waals surface area contributed by atoms with Gasteiger partial charge in [-0.3, -0.25) is 4.79 Å². The molecule has 0 aliphatic carbocycles. The fourth-order valence-corrected chi connectivity index (χ4v) is 3.50. The van der Waals surface area contributed by atoms with E-state index in [-0.39, 0.29) is 33.1 Å². The number of hydrogen-bond donors (Lipinski definition) is 5. The van der Waals surface area contributed by atoms with Gasteiger partial charge in [0.1, 0.15) is 41.6 Å². The van der Waals surface area contributed by atoms with Crippen molar-refractivity contribution in [2.24, 2.45) is 0 Å². The monoisotopic (exact) mass is 468 g/mol. The highest BCUT2D eigenvalue weighted by Crippen LogP contribution is 2.35. The summed E-state index contributed by atoms with van der Waals surface area (Å²) in [6.45, 7) is -0.703. The number of hydrogen-bond acceptors (Lipinski definition) is 9. The first-order valence-corrected chi connectivity index (χ1v) is 9.81. The smallest absolute Gasteiger partial charge is 0.235 e. The number of benzene rings is 2. The maximum atomic E-state index is 14.1. The van der Waals surface area contributed by atoms with Gasteiger partial charge in [-0.15, -0.1) is 0 Å². The van der Waals surface area contributed by atoms with Gasteiger partial charge in [0, 0.05) is 11.6 Å². The summed E-state index contributed by atoms with van der Waals surface area (Å²) >= 11 is 5.73. The standard InChI is InChI=1S/C21H18ClFO9/c22-11-4-1-8(5-12(11)23)19-20(15(26)10-3-2-9(25)6-13(10)30-19)32-21-18(29)17(28)16(27)14(7-24)31-21/h1-6,14,16-18,21,24-25,27-29H,7H2/t14-,16+,17+,18-,21?/m1/s1. The lowest BCUT2D eigenvalue weighted by Gasteiger charge is -2.39. The molecule has 0 bridgehead atoms. The molecule has 1 saturated heterocycles. The summed E-state index contributed by atoms with van der Waals surface area (Å²) in [5, 5.41) is 49.2. The Morgan fingerprint density at radius 3 is 2.50 bits per heavy atom. The molecule has 0 spiro atoms. The number of phenols is 1. The van der Waals surface area contributed by atoms with Crippen LogP contribution < -0.4 is 10.2 Å². The van der Waals surface area contributed by atoms with Crippen LogP contribution in [0.5, 0.6) is 11.5 Å². The summed E-state index contributed by atoms with van der Waals surface area (Å²) in [7, 11) is 0. The highest BCUT2D eigenvalue weighted by molar-refractivity contribution is 6.30. The number of ether oxygens (including phenoxy) is 2. The second-order valence-corrected chi connectivity index (χ2v) is 7.62. The number of aliphatic hydroxyl groups is 4. The summed E-state index contributed by atoms with van der Waals surface area (Å²) in [6, 6.07) is 7.30. The molecule has 1 unspecified atom stereocenters. The van der Waals surface area contributed by atoms with Gasteiger partial charge >= 0.3 is 0 Å². The first kappa shape index (κ1) is 22.5. The van der Waals surface area contributed by atoms with Crippen LogP contribution in [-0.4, -0.2) is 62.8 Å². The maximum absolute atomic E-state index is 14.1. The van der Waals surface area contributed by atoms with Crippen LogP contribution in [-0.2, 0) is 4.74 Å². The lowest BCUT2D eigenvalue weighted by molar-refractivity contribution is -0.277. The van der Waals surface area contributed by atoms with Crippen molar-refractivity contribution in [3.8, 4) is 22.8 Å². The quantitative estimate of drug-likeness (QED) is 0.379. The molecular formula is C21H18ClFO9. The molecule has 0 radical (unpaired) electrons.